The number of carbonyl (C=O) groups excluding carboxylic acids is 2. The number of ether oxygens (including phenoxy) is 1. The van der Waals surface area contributed by atoms with E-state index in [9.17, 15) is 9.59 Å². The molecule has 7 heteroatoms. The van der Waals surface area contributed by atoms with Crippen LogP contribution in [-0.4, -0.2) is 49.1 Å². The fourth-order valence-corrected chi connectivity index (χ4v) is 3.10. The van der Waals surface area contributed by atoms with Crippen LogP contribution < -0.4 is 11.1 Å². The predicted molar refractivity (Wildman–Crippen MR) is 105 cm³/mol. The Morgan fingerprint density at radius 1 is 1.27 bits per heavy atom. The van der Waals surface area contributed by atoms with Crippen LogP contribution in [0.2, 0.25) is 0 Å². The summed E-state index contributed by atoms with van der Waals surface area (Å²) in [4.78, 5) is 26.0. The van der Waals surface area contributed by atoms with Crippen LogP contribution in [0.15, 0.2) is 24.3 Å². The van der Waals surface area contributed by atoms with Crippen LogP contribution in [0.1, 0.15) is 32.8 Å². The third-order valence-electron chi connectivity index (χ3n) is 5.30. The Balaban J connectivity index is 0.00000338. The van der Waals surface area contributed by atoms with E-state index < -0.39 is 11.0 Å². The van der Waals surface area contributed by atoms with Gasteiger partial charge in [0.05, 0.1) is 12.5 Å². The number of likely N-dealkylation sites (N-methyl/N-ethyl adjacent to an activating group) is 1. The SMILES string of the molecule is CCOC1CC(N)(C(=O)Nc2ccc(CC(=O)N(C)C)cc2)C1(C)C.Cl. The van der Waals surface area contributed by atoms with Crippen molar-refractivity contribution in [2.45, 2.75) is 45.3 Å². The number of hydrogen-bond acceptors (Lipinski definition) is 4. The second-order valence-electron chi connectivity index (χ2n) is 7.46. The van der Waals surface area contributed by atoms with Gasteiger partial charge in [-0.2, -0.15) is 0 Å². The normalized spacial score (nSPS) is 23.4. The van der Waals surface area contributed by atoms with Crippen LogP contribution in [0, 0.1) is 5.41 Å². The summed E-state index contributed by atoms with van der Waals surface area (Å²) in [5, 5.41) is 2.89. The standard InChI is InChI=1S/C19H29N3O3.ClH/c1-6-25-15-12-19(20,18(15,2)3)17(24)21-14-9-7-13(8-10-14)11-16(23)22(4)5;/h7-10,15H,6,11-12,20H2,1-5H3,(H,21,24);1H. The van der Waals surface area contributed by atoms with Crippen LogP contribution in [0.4, 0.5) is 5.69 Å². The van der Waals surface area contributed by atoms with Gasteiger partial charge in [-0.3, -0.25) is 9.59 Å². The van der Waals surface area contributed by atoms with Gasteiger partial charge in [0.2, 0.25) is 11.8 Å². The lowest BCUT2D eigenvalue weighted by Crippen LogP contribution is -2.74. The van der Waals surface area contributed by atoms with E-state index in [2.05, 4.69) is 5.32 Å². The molecule has 0 radical (unpaired) electrons. The van der Waals surface area contributed by atoms with E-state index in [0.29, 0.717) is 25.1 Å². The van der Waals surface area contributed by atoms with Crippen LogP contribution in [0.25, 0.3) is 0 Å². The van der Waals surface area contributed by atoms with E-state index in [-0.39, 0.29) is 30.3 Å². The number of benzene rings is 1. The fourth-order valence-electron chi connectivity index (χ4n) is 3.10. The highest BCUT2D eigenvalue weighted by atomic mass is 35.5. The van der Waals surface area contributed by atoms with E-state index in [0.717, 1.165) is 5.56 Å². The zero-order valence-corrected chi connectivity index (χ0v) is 17.0. The summed E-state index contributed by atoms with van der Waals surface area (Å²) < 4.78 is 5.66. The highest BCUT2D eigenvalue weighted by Crippen LogP contribution is 2.50. The highest BCUT2D eigenvalue weighted by Gasteiger charge is 2.62. The van der Waals surface area contributed by atoms with E-state index in [4.69, 9.17) is 10.5 Å². The molecule has 0 heterocycles. The van der Waals surface area contributed by atoms with Crippen LogP contribution >= 0.6 is 12.4 Å². The van der Waals surface area contributed by atoms with Crippen molar-refractivity contribution in [3.63, 3.8) is 0 Å². The first-order valence-electron chi connectivity index (χ1n) is 8.63. The summed E-state index contributed by atoms with van der Waals surface area (Å²) >= 11 is 0. The average Bonchev–Trinajstić information content (AvgIpc) is 2.56. The molecule has 1 aromatic rings. The van der Waals surface area contributed by atoms with Crippen LogP contribution in [-0.2, 0) is 20.7 Å². The smallest absolute Gasteiger partial charge is 0.245 e. The second-order valence-corrected chi connectivity index (χ2v) is 7.46. The second kappa shape index (κ2) is 8.37. The van der Waals surface area contributed by atoms with Gasteiger partial charge in [-0.05, 0) is 24.6 Å². The minimum absolute atomic E-state index is 0. The molecule has 0 spiro atoms. The molecule has 1 aromatic carbocycles. The van der Waals surface area contributed by atoms with Crippen LogP contribution in [0.3, 0.4) is 0 Å². The van der Waals surface area contributed by atoms with Gasteiger partial charge in [-0.25, -0.2) is 0 Å². The maximum Gasteiger partial charge on any atom is 0.245 e. The Bertz CT molecular complexity index is 646. The van der Waals surface area contributed by atoms with Crippen molar-refractivity contribution >= 4 is 29.9 Å². The average molecular weight is 384 g/mol. The molecule has 2 rings (SSSR count). The van der Waals surface area contributed by atoms with Crippen molar-refractivity contribution in [3.05, 3.63) is 29.8 Å². The number of nitrogens with two attached hydrogens (primary N) is 1. The molecule has 6 nitrogen and oxygen atoms in total. The number of anilines is 1. The maximum atomic E-state index is 12.7. The van der Waals surface area contributed by atoms with Crippen molar-refractivity contribution in [1.29, 1.82) is 0 Å². The first-order valence-corrected chi connectivity index (χ1v) is 8.63. The monoisotopic (exact) mass is 383 g/mol. The number of rotatable bonds is 6. The van der Waals surface area contributed by atoms with Gasteiger partial charge in [0.15, 0.2) is 0 Å². The van der Waals surface area contributed by atoms with Gasteiger partial charge in [-0.15, -0.1) is 12.4 Å². The van der Waals surface area contributed by atoms with E-state index in [1.807, 2.05) is 32.9 Å². The summed E-state index contributed by atoms with van der Waals surface area (Å²) in [7, 11) is 3.46. The molecule has 2 unspecified atom stereocenters. The van der Waals surface area contributed by atoms with Crippen molar-refractivity contribution in [2.75, 3.05) is 26.0 Å². The maximum absolute atomic E-state index is 12.7. The van der Waals surface area contributed by atoms with Crippen molar-refractivity contribution in [2.24, 2.45) is 11.1 Å². The largest absolute Gasteiger partial charge is 0.378 e. The summed E-state index contributed by atoms with van der Waals surface area (Å²) in [6.45, 7) is 6.48. The quantitative estimate of drug-likeness (QED) is 0.788. The topological polar surface area (TPSA) is 84.7 Å². The molecule has 3 N–H and O–H groups in total. The summed E-state index contributed by atoms with van der Waals surface area (Å²) in [5.74, 6) is -0.165. The molecule has 0 aliphatic heterocycles. The Labute approximate surface area is 161 Å². The first-order chi connectivity index (χ1) is 11.6. The van der Waals surface area contributed by atoms with Crippen LogP contribution in [0.5, 0.6) is 0 Å². The zero-order chi connectivity index (χ0) is 18.8. The van der Waals surface area contributed by atoms with Gasteiger partial charge in [0.25, 0.3) is 0 Å². The molecule has 26 heavy (non-hydrogen) atoms. The van der Waals surface area contributed by atoms with Gasteiger partial charge in [0.1, 0.15) is 5.54 Å². The molecule has 2 amide bonds. The molecule has 146 valence electrons. The van der Waals surface area contributed by atoms with Gasteiger partial charge < -0.3 is 20.7 Å². The van der Waals surface area contributed by atoms with Crippen molar-refractivity contribution < 1.29 is 14.3 Å². The molecular formula is C19H30ClN3O3. The molecule has 0 bridgehead atoms. The lowest BCUT2D eigenvalue weighted by atomic mass is 9.54. The molecule has 1 saturated carbocycles. The first kappa shape index (κ1) is 22.4. The number of nitrogens with zero attached hydrogens (tertiary/aromatic N) is 1. The molecule has 1 fully saturated rings. The number of nitrogens with one attached hydrogen (secondary N) is 1. The lowest BCUT2D eigenvalue weighted by Gasteiger charge is -2.57. The van der Waals surface area contributed by atoms with Crippen molar-refractivity contribution in [3.8, 4) is 0 Å². The van der Waals surface area contributed by atoms with Gasteiger partial charge in [0, 0.05) is 38.2 Å². The lowest BCUT2D eigenvalue weighted by molar-refractivity contribution is -0.166. The van der Waals surface area contributed by atoms with E-state index >= 15 is 0 Å². The summed E-state index contributed by atoms with van der Waals surface area (Å²) in [6.07, 6.45) is 0.841. The fraction of sp³-hybridized carbons (Fsp3) is 0.579. The molecule has 0 aromatic heterocycles. The third kappa shape index (κ3) is 4.19. The highest BCUT2D eigenvalue weighted by molar-refractivity contribution is 5.99. The third-order valence-corrected chi connectivity index (χ3v) is 5.30. The van der Waals surface area contributed by atoms with E-state index in [1.165, 1.54) is 0 Å². The van der Waals surface area contributed by atoms with Crippen molar-refractivity contribution in [1.82, 2.24) is 4.90 Å². The number of halogens is 1. The van der Waals surface area contributed by atoms with Gasteiger partial charge >= 0.3 is 0 Å². The minimum Gasteiger partial charge on any atom is -0.378 e. The minimum atomic E-state index is -0.952. The Kier molecular flexibility index (Phi) is 7.22. The molecule has 2 atom stereocenters. The predicted octanol–water partition coefficient (Wildman–Crippen LogP) is 2.21. The van der Waals surface area contributed by atoms with E-state index in [1.54, 1.807) is 31.1 Å². The zero-order valence-electron chi connectivity index (χ0n) is 16.2. The molecule has 0 saturated heterocycles. The molecule has 1 aliphatic carbocycles. The number of carbonyl (C=O) groups is 2. The Hall–Kier alpha value is -1.63. The molecular weight excluding hydrogens is 354 g/mol. The number of amides is 2. The summed E-state index contributed by atoms with van der Waals surface area (Å²) in [5.41, 5.74) is 6.58. The van der Waals surface area contributed by atoms with Gasteiger partial charge in [-0.1, -0.05) is 26.0 Å². The molecule has 1 aliphatic rings. The Morgan fingerprint density at radius 2 is 1.85 bits per heavy atom. The Morgan fingerprint density at radius 3 is 2.31 bits per heavy atom. The summed E-state index contributed by atoms with van der Waals surface area (Å²) in [6, 6.07) is 7.28. The number of hydrogen-bond donors (Lipinski definition) is 2.